The van der Waals surface area contributed by atoms with Crippen LogP contribution in [0.5, 0.6) is 0 Å². The summed E-state index contributed by atoms with van der Waals surface area (Å²) in [5, 5.41) is 4.65. The summed E-state index contributed by atoms with van der Waals surface area (Å²) in [4.78, 5) is 32.0. The molecule has 0 bridgehead atoms. The van der Waals surface area contributed by atoms with Gasteiger partial charge in [-0.2, -0.15) is 0 Å². The second-order valence-electron chi connectivity index (χ2n) is 6.79. The van der Waals surface area contributed by atoms with Crippen LogP contribution in [0.2, 0.25) is 0 Å². The highest BCUT2D eigenvalue weighted by atomic mass is 32.1. The van der Waals surface area contributed by atoms with Gasteiger partial charge in [-0.05, 0) is 37.4 Å². The zero-order valence-electron chi connectivity index (χ0n) is 15.3. The monoisotopic (exact) mass is 370 g/mol. The number of likely N-dealkylation sites (N-methyl/N-ethyl adjacent to an activating group) is 1. The molecule has 6 nitrogen and oxygen atoms in total. The minimum atomic E-state index is -1.01. The summed E-state index contributed by atoms with van der Waals surface area (Å²) in [5.74, 6) is 0.381. The Hall–Kier alpha value is -2.67. The second-order valence-corrected chi connectivity index (χ2v) is 7.74. The van der Waals surface area contributed by atoms with E-state index in [1.165, 1.54) is 11.3 Å². The van der Waals surface area contributed by atoms with Crippen molar-refractivity contribution in [2.75, 3.05) is 7.05 Å². The van der Waals surface area contributed by atoms with Crippen molar-refractivity contribution < 1.29 is 9.59 Å². The van der Waals surface area contributed by atoms with Gasteiger partial charge in [0.2, 0.25) is 5.91 Å². The van der Waals surface area contributed by atoms with Crippen LogP contribution in [-0.2, 0) is 18.4 Å². The molecule has 0 saturated heterocycles. The molecule has 2 aromatic heterocycles. The average molecular weight is 370 g/mol. The van der Waals surface area contributed by atoms with Gasteiger partial charge in [-0.1, -0.05) is 18.2 Å². The lowest BCUT2D eigenvalue weighted by Gasteiger charge is -2.30. The number of para-hydroxylation sites is 2. The Kier molecular flexibility index (Phi) is 4.82. The number of hydrogen-bond donors (Lipinski definition) is 1. The number of hydrogen-bond acceptors (Lipinski definition) is 4. The van der Waals surface area contributed by atoms with E-state index in [-0.39, 0.29) is 11.8 Å². The molecule has 0 unspecified atom stereocenters. The van der Waals surface area contributed by atoms with Crippen LogP contribution in [0.4, 0.5) is 0 Å². The van der Waals surface area contributed by atoms with E-state index in [0.29, 0.717) is 11.4 Å². The predicted octanol–water partition coefficient (Wildman–Crippen LogP) is 2.80. The standard InChI is InChI=1S/C19H22N4O2S/c1-19(2,21-17(24)15-10-7-11-26-15)18(25)22(3)12-16-20-13-8-5-6-9-14(13)23(16)4/h5-11H,12H2,1-4H3,(H,21,24). The summed E-state index contributed by atoms with van der Waals surface area (Å²) in [6.45, 7) is 3.79. The normalized spacial score (nSPS) is 11.5. The number of benzene rings is 1. The number of aromatic nitrogens is 2. The number of aryl methyl sites for hydroxylation is 1. The maximum absolute atomic E-state index is 12.9. The molecule has 1 N–H and O–H groups in total. The average Bonchev–Trinajstić information content (AvgIpc) is 3.23. The SMILES string of the molecule is CN(Cc1nc2ccccc2n1C)C(=O)C(C)(C)NC(=O)c1cccs1. The number of nitrogens with one attached hydrogen (secondary N) is 1. The van der Waals surface area contributed by atoms with Crippen LogP contribution >= 0.6 is 11.3 Å². The van der Waals surface area contributed by atoms with Crippen LogP contribution in [0.25, 0.3) is 11.0 Å². The minimum Gasteiger partial charge on any atom is -0.337 e. The zero-order chi connectivity index (χ0) is 18.9. The molecule has 7 heteroatoms. The van der Waals surface area contributed by atoms with Gasteiger partial charge in [0.25, 0.3) is 5.91 Å². The Bertz CT molecular complexity index is 944. The Morgan fingerprint density at radius 2 is 1.96 bits per heavy atom. The molecule has 0 saturated carbocycles. The number of carbonyl (C=O) groups is 2. The first-order valence-electron chi connectivity index (χ1n) is 8.31. The molecule has 0 aliphatic heterocycles. The van der Waals surface area contributed by atoms with Crippen molar-refractivity contribution in [2.24, 2.45) is 7.05 Å². The maximum atomic E-state index is 12.9. The van der Waals surface area contributed by atoms with Gasteiger partial charge in [-0.15, -0.1) is 11.3 Å². The van der Waals surface area contributed by atoms with E-state index in [1.807, 2.05) is 47.3 Å². The van der Waals surface area contributed by atoms with Gasteiger partial charge in [0.05, 0.1) is 22.5 Å². The number of amides is 2. The quantitative estimate of drug-likeness (QED) is 0.751. The van der Waals surface area contributed by atoms with Crippen molar-refractivity contribution in [3.05, 3.63) is 52.5 Å². The van der Waals surface area contributed by atoms with Crippen LogP contribution in [0.15, 0.2) is 41.8 Å². The van der Waals surface area contributed by atoms with Crippen LogP contribution in [0.3, 0.4) is 0 Å². The molecular weight excluding hydrogens is 348 g/mol. The third-order valence-corrected chi connectivity index (χ3v) is 5.18. The maximum Gasteiger partial charge on any atom is 0.262 e. The molecule has 26 heavy (non-hydrogen) atoms. The summed E-state index contributed by atoms with van der Waals surface area (Å²) < 4.78 is 1.98. The lowest BCUT2D eigenvalue weighted by molar-refractivity contribution is -0.136. The molecule has 0 aliphatic carbocycles. The van der Waals surface area contributed by atoms with E-state index in [4.69, 9.17) is 0 Å². The summed E-state index contributed by atoms with van der Waals surface area (Å²) >= 11 is 1.35. The Balaban J connectivity index is 1.73. The number of rotatable bonds is 5. The fraction of sp³-hybridized carbons (Fsp3) is 0.316. The van der Waals surface area contributed by atoms with Crippen molar-refractivity contribution in [1.29, 1.82) is 0 Å². The van der Waals surface area contributed by atoms with E-state index >= 15 is 0 Å². The van der Waals surface area contributed by atoms with E-state index in [9.17, 15) is 9.59 Å². The van der Waals surface area contributed by atoms with E-state index in [0.717, 1.165) is 16.9 Å². The smallest absolute Gasteiger partial charge is 0.262 e. The van der Waals surface area contributed by atoms with Crippen molar-refractivity contribution in [3.8, 4) is 0 Å². The van der Waals surface area contributed by atoms with Gasteiger partial charge in [-0.3, -0.25) is 9.59 Å². The second kappa shape index (κ2) is 6.92. The molecule has 3 aromatic rings. The largest absolute Gasteiger partial charge is 0.337 e. The fourth-order valence-corrected chi connectivity index (χ4v) is 3.52. The Labute approximate surface area is 156 Å². The molecule has 0 spiro atoms. The number of imidazole rings is 1. The van der Waals surface area contributed by atoms with Gasteiger partial charge in [0, 0.05) is 14.1 Å². The minimum absolute atomic E-state index is 0.172. The number of fused-ring (bicyclic) bond motifs is 1. The third kappa shape index (κ3) is 3.48. The van der Waals surface area contributed by atoms with Crippen LogP contribution in [0.1, 0.15) is 29.3 Å². The van der Waals surface area contributed by atoms with Crippen LogP contribution in [0, 0.1) is 0 Å². The number of nitrogens with zero attached hydrogens (tertiary/aromatic N) is 3. The van der Waals surface area contributed by atoms with Gasteiger partial charge in [0.1, 0.15) is 11.4 Å². The molecular formula is C19H22N4O2S. The molecule has 0 fully saturated rings. The highest BCUT2D eigenvalue weighted by molar-refractivity contribution is 7.12. The van der Waals surface area contributed by atoms with Gasteiger partial charge >= 0.3 is 0 Å². The predicted molar refractivity (Wildman–Crippen MR) is 103 cm³/mol. The van der Waals surface area contributed by atoms with Crippen molar-refractivity contribution in [1.82, 2.24) is 19.8 Å². The van der Waals surface area contributed by atoms with Crippen LogP contribution in [-0.4, -0.2) is 38.9 Å². The van der Waals surface area contributed by atoms with Gasteiger partial charge in [-0.25, -0.2) is 4.98 Å². The summed E-state index contributed by atoms with van der Waals surface area (Å²) in [6, 6.07) is 11.4. The molecule has 0 aliphatic rings. The Morgan fingerprint density at radius 3 is 2.62 bits per heavy atom. The van der Waals surface area contributed by atoms with E-state index in [2.05, 4.69) is 10.3 Å². The summed E-state index contributed by atoms with van der Waals surface area (Å²) in [6.07, 6.45) is 0. The highest BCUT2D eigenvalue weighted by Gasteiger charge is 2.33. The molecule has 0 atom stereocenters. The molecule has 2 heterocycles. The van der Waals surface area contributed by atoms with E-state index < -0.39 is 5.54 Å². The Morgan fingerprint density at radius 1 is 1.23 bits per heavy atom. The number of carbonyl (C=O) groups excluding carboxylic acids is 2. The summed E-state index contributed by atoms with van der Waals surface area (Å²) in [5.41, 5.74) is 0.908. The molecule has 2 amide bonds. The highest BCUT2D eigenvalue weighted by Crippen LogP contribution is 2.17. The lowest BCUT2D eigenvalue weighted by Crippen LogP contribution is -2.54. The molecule has 1 aromatic carbocycles. The first kappa shape index (κ1) is 18.1. The van der Waals surface area contributed by atoms with E-state index in [1.54, 1.807) is 31.9 Å². The van der Waals surface area contributed by atoms with Crippen molar-refractivity contribution >= 4 is 34.2 Å². The van der Waals surface area contributed by atoms with Gasteiger partial charge in [0.15, 0.2) is 0 Å². The topological polar surface area (TPSA) is 67.2 Å². The van der Waals surface area contributed by atoms with Crippen molar-refractivity contribution in [2.45, 2.75) is 25.9 Å². The molecule has 0 radical (unpaired) electrons. The van der Waals surface area contributed by atoms with Gasteiger partial charge < -0.3 is 14.8 Å². The molecule has 3 rings (SSSR count). The van der Waals surface area contributed by atoms with Crippen LogP contribution < -0.4 is 5.32 Å². The zero-order valence-corrected chi connectivity index (χ0v) is 16.1. The van der Waals surface area contributed by atoms with Crippen molar-refractivity contribution in [3.63, 3.8) is 0 Å². The third-order valence-electron chi connectivity index (χ3n) is 4.31. The number of thiophene rings is 1. The molecule has 136 valence electrons. The lowest BCUT2D eigenvalue weighted by atomic mass is 10.0. The fourth-order valence-electron chi connectivity index (χ4n) is 2.90. The first-order valence-corrected chi connectivity index (χ1v) is 9.19. The summed E-state index contributed by atoms with van der Waals surface area (Å²) in [7, 11) is 3.66. The first-order chi connectivity index (χ1) is 12.3.